The van der Waals surface area contributed by atoms with Crippen molar-refractivity contribution < 1.29 is 18.1 Å². The second kappa shape index (κ2) is 3.86. The molecule has 0 fully saturated rings. The quantitative estimate of drug-likeness (QED) is 0.779. The van der Waals surface area contributed by atoms with Crippen LogP contribution in [0.15, 0.2) is 41.3 Å². The molecule has 5 heteroatoms. The van der Waals surface area contributed by atoms with Crippen molar-refractivity contribution in [3.8, 4) is 0 Å². The summed E-state index contributed by atoms with van der Waals surface area (Å²) in [4.78, 5) is -0.143. The summed E-state index contributed by atoms with van der Waals surface area (Å²) in [7, 11) is -4.18. The van der Waals surface area contributed by atoms with Gasteiger partial charge in [-0.25, -0.2) is 0 Å². The summed E-state index contributed by atoms with van der Waals surface area (Å²) in [5, 5.41) is 10.5. The lowest BCUT2D eigenvalue weighted by Crippen LogP contribution is -1.97. The summed E-state index contributed by atoms with van der Waals surface area (Å²) in [6.07, 6.45) is 0. The molecule has 0 heterocycles. The maximum absolute atomic E-state index is 10.9. The van der Waals surface area contributed by atoms with Gasteiger partial charge in [-0.2, -0.15) is 8.42 Å². The van der Waals surface area contributed by atoms with Crippen molar-refractivity contribution in [3.05, 3.63) is 42.0 Å². The maximum atomic E-state index is 10.9. The van der Waals surface area contributed by atoms with Crippen LogP contribution in [0.25, 0.3) is 10.8 Å². The molecule has 2 aromatic rings. The Bertz CT molecular complexity index is 631. The molecule has 4 nitrogen and oxygen atoms in total. The zero-order chi connectivity index (χ0) is 11.8. The fraction of sp³-hybridized carbons (Fsp3) is 0.0909. The van der Waals surface area contributed by atoms with E-state index in [0.29, 0.717) is 5.39 Å². The van der Waals surface area contributed by atoms with Crippen molar-refractivity contribution in [1.82, 2.24) is 0 Å². The van der Waals surface area contributed by atoms with Crippen molar-refractivity contribution in [1.29, 1.82) is 0 Å². The molecular weight excluding hydrogens is 228 g/mol. The fourth-order valence-electron chi connectivity index (χ4n) is 1.63. The first-order valence-corrected chi connectivity index (χ1v) is 6.06. The summed E-state index contributed by atoms with van der Waals surface area (Å²) in [6.45, 7) is -0.109. The van der Waals surface area contributed by atoms with Crippen LogP contribution in [0.3, 0.4) is 0 Å². The van der Waals surface area contributed by atoms with E-state index >= 15 is 0 Å². The van der Waals surface area contributed by atoms with Gasteiger partial charge in [0, 0.05) is 0 Å². The molecule has 0 bridgehead atoms. The van der Waals surface area contributed by atoms with Gasteiger partial charge in [0.25, 0.3) is 10.1 Å². The first-order valence-electron chi connectivity index (χ1n) is 4.62. The summed E-state index contributed by atoms with van der Waals surface area (Å²) in [6, 6.07) is 9.48. The van der Waals surface area contributed by atoms with Gasteiger partial charge < -0.3 is 5.11 Å². The minimum Gasteiger partial charge on any atom is -0.392 e. The maximum Gasteiger partial charge on any atom is 0.294 e. The van der Waals surface area contributed by atoms with Crippen molar-refractivity contribution in [2.75, 3.05) is 0 Å². The van der Waals surface area contributed by atoms with Gasteiger partial charge in [0.1, 0.15) is 0 Å². The number of benzene rings is 2. The SMILES string of the molecule is O=S(=O)(O)c1ccc2c(CO)cccc2c1. The lowest BCUT2D eigenvalue weighted by atomic mass is 10.1. The van der Waals surface area contributed by atoms with E-state index in [9.17, 15) is 8.42 Å². The van der Waals surface area contributed by atoms with Gasteiger partial charge in [-0.05, 0) is 28.5 Å². The topological polar surface area (TPSA) is 74.6 Å². The van der Waals surface area contributed by atoms with Crippen LogP contribution in [0.1, 0.15) is 5.56 Å². The van der Waals surface area contributed by atoms with Crippen LogP contribution in [0.5, 0.6) is 0 Å². The normalized spacial score (nSPS) is 11.9. The van der Waals surface area contributed by atoms with E-state index in [2.05, 4.69) is 0 Å². The van der Waals surface area contributed by atoms with Crippen LogP contribution in [0, 0.1) is 0 Å². The van der Waals surface area contributed by atoms with Crippen molar-refractivity contribution in [2.45, 2.75) is 11.5 Å². The highest BCUT2D eigenvalue weighted by Crippen LogP contribution is 2.22. The average molecular weight is 238 g/mol. The van der Waals surface area contributed by atoms with E-state index in [0.717, 1.165) is 10.9 Å². The Hall–Kier alpha value is -1.43. The van der Waals surface area contributed by atoms with Gasteiger partial charge in [-0.15, -0.1) is 0 Å². The van der Waals surface area contributed by atoms with Crippen LogP contribution < -0.4 is 0 Å². The third-order valence-corrected chi connectivity index (χ3v) is 3.26. The largest absolute Gasteiger partial charge is 0.392 e. The molecule has 0 aliphatic rings. The highest BCUT2D eigenvalue weighted by Gasteiger charge is 2.10. The molecule has 0 aromatic heterocycles. The van der Waals surface area contributed by atoms with E-state index in [1.165, 1.54) is 12.1 Å². The molecule has 0 saturated heterocycles. The first-order chi connectivity index (χ1) is 7.52. The molecule has 16 heavy (non-hydrogen) atoms. The molecule has 2 rings (SSSR count). The van der Waals surface area contributed by atoms with Gasteiger partial charge in [-0.3, -0.25) is 4.55 Å². The molecule has 0 aliphatic carbocycles. The zero-order valence-corrected chi connectivity index (χ0v) is 9.11. The lowest BCUT2D eigenvalue weighted by Gasteiger charge is -2.04. The average Bonchev–Trinajstić information content (AvgIpc) is 2.26. The van der Waals surface area contributed by atoms with Crippen molar-refractivity contribution in [2.24, 2.45) is 0 Å². The fourth-order valence-corrected chi connectivity index (χ4v) is 2.14. The molecule has 2 aromatic carbocycles. The van der Waals surface area contributed by atoms with Gasteiger partial charge >= 0.3 is 0 Å². The number of hydrogen-bond donors (Lipinski definition) is 2. The number of fused-ring (bicyclic) bond motifs is 1. The Balaban J connectivity index is 2.74. The summed E-state index contributed by atoms with van der Waals surface area (Å²) in [5.41, 5.74) is 0.722. The lowest BCUT2D eigenvalue weighted by molar-refractivity contribution is 0.283. The van der Waals surface area contributed by atoms with Crippen LogP contribution >= 0.6 is 0 Å². The van der Waals surface area contributed by atoms with E-state index in [1.54, 1.807) is 24.3 Å². The van der Waals surface area contributed by atoms with Gasteiger partial charge in [0.05, 0.1) is 11.5 Å². The van der Waals surface area contributed by atoms with Crippen LogP contribution in [0.4, 0.5) is 0 Å². The molecule has 0 atom stereocenters. The Labute approximate surface area is 92.9 Å². The molecule has 0 unspecified atom stereocenters. The predicted molar refractivity (Wildman–Crippen MR) is 59.7 cm³/mol. The number of aliphatic hydroxyl groups excluding tert-OH is 1. The molecule has 84 valence electrons. The smallest absolute Gasteiger partial charge is 0.294 e. The third-order valence-electron chi connectivity index (χ3n) is 2.41. The number of rotatable bonds is 2. The standard InChI is InChI=1S/C11H10O4S/c12-7-9-3-1-2-8-6-10(16(13,14)15)4-5-11(8)9/h1-6,12H,7H2,(H,13,14,15). The Morgan fingerprint density at radius 3 is 2.50 bits per heavy atom. The molecule has 0 spiro atoms. The second-order valence-corrected chi connectivity index (χ2v) is 4.85. The Morgan fingerprint density at radius 2 is 1.88 bits per heavy atom. The number of hydrogen-bond acceptors (Lipinski definition) is 3. The first kappa shape index (κ1) is 11.1. The summed E-state index contributed by atoms with van der Waals surface area (Å²) < 4.78 is 30.8. The van der Waals surface area contributed by atoms with Crippen LogP contribution in [-0.4, -0.2) is 18.1 Å². The third kappa shape index (κ3) is 1.92. The highest BCUT2D eigenvalue weighted by atomic mass is 32.2. The molecule has 0 saturated carbocycles. The van der Waals surface area contributed by atoms with E-state index in [1.807, 2.05) is 0 Å². The highest BCUT2D eigenvalue weighted by molar-refractivity contribution is 7.85. The minimum atomic E-state index is -4.18. The van der Waals surface area contributed by atoms with E-state index < -0.39 is 10.1 Å². The van der Waals surface area contributed by atoms with E-state index in [4.69, 9.17) is 9.66 Å². The Morgan fingerprint density at radius 1 is 1.12 bits per heavy atom. The van der Waals surface area contributed by atoms with Gasteiger partial charge in [0.15, 0.2) is 0 Å². The number of aliphatic hydroxyl groups is 1. The molecule has 0 aliphatic heterocycles. The van der Waals surface area contributed by atoms with Crippen molar-refractivity contribution in [3.63, 3.8) is 0 Å². The monoisotopic (exact) mass is 238 g/mol. The van der Waals surface area contributed by atoms with Crippen molar-refractivity contribution >= 4 is 20.9 Å². The molecule has 0 radical (unpaired) electrons. The molecular formula is C11H10O4S. The second-order valence-electron chi connectivity index (χ2n) is 3.43. The van der Waals surface area contributed by atoms with E-state index in [-0.39, 0.29) is 11.5 Å². The predicted octanol–water partition coefficient (Wildman–Crippen LogP) is 1.58. The van der Waals surface area contributed by atoms with Gasteiger partial charge in [-0.1, -0.05) is 24.3 Å². The van der Waals surface area contributed by atoms with Crippen LogP contribution in [-0.2, 0) is 16.7 Å². The molecule has 2 N–H and O–H groups in total. The summed E-state index contributed by atoms with van der Waals surface area (Å²) >= 11 is 0. The zero-order valence-electron chi connectivity index (χ0n) is 8.29. The minimum absolute atomic E-state index is 0.109. The summed E-state index contributed by atoms with van der Waals surface area (Å²) in [5.74, 6) is 0. The van der Waals surface area contributed by atoms with Crippen LogP contribution in [0.2, 0.25) is 0 Å². The van der Waals surface area contributed by atoms with Gasteiger partial charge in [0.2, 0.25) is 0 Å². The Kier molecular flexibility index (Phi) is 2.67. The molecule has 0 amide bonds.